The maximum atomic E-state index is 13.1. The Morgan fingerprint density at radius 1 is 1.20 bits per heavy atom. The van der Waals surface area contributed by atoms with Crippen molar-refractivity contribution in [3.8, 4) is 0 Å². The van der Waals surface area contributed by atoms with Crippen LogP contribution >= 0.6 is 11.6 Å². The second kappa shape index (κ2) is 7.39. The van der Waals surface area contributed by atoms with E-state index in [1.807, 2.05) is 12.1 Å². The number of benzene rings is 1. The average molecular weight is 383 g/mol. The van der Waals surface area contributed by atoms with E-state index in [1.54, 1.807) is 12.1 Å². The normalized spacial score (nSPS) is 22.7. The number of sulfonamides is 1. The summed E-state index contributed by atoms with van der Waals surface area (Å²) in [5, 5.41) is 4.15. The van der Waals surface area contributed by atoms with E-state index >= 15 is 0 Å². The summed E-state index contributed by atoms with van der Waals surface area (Å²) in [6.07, 6.45) is 5.81. The molecule has 0 amide bonds. The average Bonchev–Trinajstić information content (AvgIpc) is 3.10. The fourth-order valence-electron chi connectivity index (χ4n) is 4.36. The van der Waals surface area contributed by atoms with E-state index in [-0.39, 0.29) is 6.04 Å². The lowest BCUT2D eigenvalue weighted by Gasteiger charge is -2.32. The van der Waals surface area contributed by atoms with Crippen LogP contribution in [0.4, 0.5) is 0 Å². The van der Waals surface area contributed by atoms with Gasteiger partial charge in [0.25, 0.3) is 0 Å². The first-order valence-electron chi connectivity index (χ1n) is 9.21. The molecule has 0 aromatic heterocycles. The number of likely N-dealkylation sites (N-methyl/N-ethyl adjacent to an activating group) is 1. The molecule has 2 aliphatic rings. The molecule has 1 aromatic carbocycles. The smallest absolute Gasteiger partial charge is 0.242 e. The molecule has 0 bridgehead atoms. The van der Waals surface area contributed by atoms with Crippen LogP contribution < -0.4 is 10.0 Å². The maximum absolute atomic E-state index is 13.1. The molecule has 1 heterocycles. The lowest BCUT2D eigenvalue weighted by Crippen LogP contribution is -2.47. The van der Waals surface area contributed by atoms with Crippen LogP contribution in [-0.2, 0) is 10.0 Å². The third kappa shape index (κ3) is 3.52. The Balaban J connectivity index is 2.22. The first kappa shape index (κ1) is 18.9. The summed E-state index contributed by atoms with van der Waals surface area (Å²) in [4.78, 5) is 0.463. The summed E-state index contributed by atoms with van der Waals surface area (Å²) < 4.78 is 29.2. The van der Waals surface area contributed by atoms with E-state index in [1.165, 1.54) is 0 Å². The van der Waals surface area contributed by atoms with Crippen molar-refractivity contribution in [3.63, 3.8) is 0 Å². The topological polar surface area (TPSA) is 58.2 Å². The van der Waals surface area contributed by atoms with Crippen molar-refractivity contribution in [2.45, 2.75) is 64.0 Å². The molecular formula is C19H27ClN2O2S. The van der Waals surface area contributed by atoms with Crippen molar-refractivity contribution in [2.75, 3.05) is 6.54 Å². The highest BCUT2D eigenvalue weighted by atomic mass is 35.5. The Bertz CT molecular complexity index is 744. The standard InChI is InChI=1S/C19H27ClN2O2S/c1-3-7-16(21-4-2)17-18(14-8-10-15(20)11-9-14)25(23,24)22-19(17)12-5-6-13-19/h8-11,16,21-22H,3-7,12-13H2,1-2H3. The van der Waals surface area contributed by atoms with Crippen molar-refractivity contribution in [1.82, 2.24) is 10.0 Å². The first-order valence-corrected chi connectivity index (χ1v) is 11.1. The Morgan fingerprint density at radius 3 is 2.40 bits per heavy atom. The zero-order chi connectivity index (χ0) is 18.1. The van der Waals surface area contributed by atoms with E-state index in [0.29, 0.717) is 9.93 Å². The van der Waals surface area contributed by atoms with Crippen molar-refractivity contribution < 1.29 is 8.42 Å². The highest BCUT2D eigenvalue weighted by Gasteiger charge is 2.52. The minimum atomic E-state index is -3.53. The second-order valence-electron chi connectivity index (χ2n) is 7.04. The summed E-state index contributed by atoms with van der Waals surface area (Å²) in [5.41, 5.74) is 1.35. The van der Waals surface area contributed by atoms with E-state index in [4.69, 9.17) is 11.6 Å². The van der Waals surface area contributed by atoms with Gasteiger partial charge in [-0.15, -0.1) is 0 Å². The predicted octanol–water partition coefficient (Wildman–Crippen LogP) is 4.08. The van der Waals surface area contributed by atoms with Gasteiger partial charge >= 0.3 is 0 Å². The maximum Gasteiger partial charge on any atom is 0.242 e. The molecule has 3 rings (SSSR count). The van der Waals surface area contributed by atoms with Crippen molar-refractivity contribution in [1.29, 1.82) is 0 Å². The molecule has 1 unspecified atom stereocenters. The highest BCUT2D eigenvalue weighted by molar-refractivity contribution is 7.99. The molecule has 1 aliphatic carbocycles. The first-order chi connectivity index (χ1) is 11.9. The van der Waals surface area contributed by atoms with Crippen LogP contribution in [0.25, 0.3) is 4.91 Å². The summed E-state index contributed by atoms with van der Waals surface area (Å²) >= 11 is 6.01. The van der Waals surface area contributed by atoms with Gasteiger partial charge in [0.15, 0.2) is 0 Å². The minimum absolute atomic E-state index is 0.0727. The van der Waals surface area contributed by atoms with E-state index in [2.05, 4.69) is 23.9 Å². The van der Waals surface area contributed by atoms with Gasteiger partial charge in [-0.05, 0) is 49.1 Å². The minimum Gasteiger partial charge on any atom is -0.310 e. The second-order valence-corrected chi connectivity index (χ2v) is 9.10. The monoisotopic (exact) mass is 382 g/mol. The SMILES string of the molecule is CCCC(NCC)C1=C(c2ccc(Cl)cc2)S(=O)(=O)NC12CCCC2. The van der Waals surface area contributed by atoms with Crippen molar-refractivity contribution in [3.05, 3.63) is 40.4 Å². The van der Waals surface area contributed by atoms with Gasteiger partial charge in [0.1, 0.15) is 0 Å². The lowest BCUT2D eigenvalue weighted by atomic mass is 9.81. The zero-order valence-electron chi connectivity index (χ0n) is 14.9. The number of nitrogens with one attached hydrogen (secondary N) is 2. The van der Waals surface area contributed by atoms with Crippen LogP contribution in [0.3, 0.4) is 0 Å². The Kier molecular flexibility index (Phi) is 5.59. The molecule has 4 nitrogen and oxygen atoms in total. The molecule has 6 heteroatoms. The number of halogens is 1. The van der Waals surface area contributed by atoms with Gasteiger partial charge in [-0.2, -0.15) is 0 Å². The molecule has 2 N–H and O–H groups in total. The van der Waals surface area contributed by atoms with Crippen LogP contribution in [-0.4, -0.2) is 26.5 Å². The molecule has 1 aromatic rings. The third-order valence-corrected chi connectivity index (χ3v) is 7.20. The van der Waals surface area contributed by atoms with Gasteiger partial charge in [-0.1, -0.05) is 56.8 Å². The van der Waals surface area contributed by atoms with Gasteiger partial charge in [0.05, 0.1) is 10.4 Å². The van der Waals surface area contributed by atoms with Gasteiger partial charge in [-0.3, -0.25) is 0 Å². The molecular weight excluding hydrogens is 356 g/mol. The summed E-state index contributed by atoms with van der Waals surface area (Å²) in [6, 6.07) is 7.24. The third-order valence-electron chi connectivity index (χ3n) is 5.30. The summed E-state index contributed by atoms with van der Waals surface area (Å²) in [5.74, 6) is 0. The number of hydrogen-bond acceptors (Lipinski definition) is 3. The van der Waals surface area contributed by atoms with Gasteiger partial charge in [0, 0.05) is 11.1 Å². The van der Waals surface area contributed by atoms with Gasteiger partial charge in [-0.25, -0.2) is 13.1 Å². The fourth-order valence-corrected chi connectivity index (χ4v) is 6.49. The molecule has 1 fully saturated rings. The van der Waals surface area contributed by atoms with E-state index in [9.17, 15) is 8.42 Å². The van der Waals surface area contributed by atoms with Crippen LogP contribution in [0.15, 0.2) is 29.8 Å². The highest BCUT2D eigenvalue weighted by Crippen LogP contribution is 2.48. The lowest BCUT2D eigenvalue weighted by molar-refractivity contribution is 0.409. The number of rotatable bonds is 6. The molecule has 1 saturated carbocycles. The van der Waals surface area contributed by atoms with Crippen molar-refractivity contribution >= 4 is 26.5 Å². The number of hydrogen-bond donors (Lipinski definition) is 2. The molecule has 1 atom stereocenters. The Morgan fingerprint density at radius 2 is 1.84 bits per heavy atom. The Hall–Kier alpha value is -0.880. The van der Waals surface area contributed by atoms with Gasteiger partial charge in [0.2, 0.25) is 10.0 Å². The quantitative estimate of drug-likeness (QED) is 0.779. The summed E-state index contributed by atoms with van der Waals surface area (Å²) in [6.45, 7) is 5.03. The summed E-state index contributed by atoms with van der Waals surface area (Å²) in [7, 11) is -3.53. The molecule has 1 aliphatic heterocycles. The molecule has 138 valence electrons. The van der Waals surface area contributed by atoms with E-state index in [0.717, 1.165) is 56.2 Å². The van der Waals surface area contributed by atoms with Crippen LogP contribution in [0, 0.1) is 0 Å². The van der Waals surface area contributed by atoms with Gasteiger partial charge < -0.3 is 5.32 Å². The molecule has 0 saturated heterocycles. The zero-order valence-corrected chi connectivity index (χ0v) is 16.5. The van der Waals surface area contributed by atoms with Crippen LogP contribution in [0.1, 0.15) is 57.9 Å². The fraction of sp³-hybridized carbons (Fsp3) is 0.579. The largest absolute Gasteiger partial charge is 0.310 e. The van der Waals surface area contributed by atoms with Crippen molar-refractivity contribution in [2.24, 2.45) is 0 Å². The van der Waals surface area contributed by atoms with E-state index < -0.39 is 15.6 Å². The molecule has 0 radical (unpaired) electrons. The van der Waals surface area contributed by atoms with Crippen LogP contribution in [0.5, 0.6) is 0 Å². The Labute approximate surface area is 156 Å². The molecule has 1 spiro atoms. The van der Waals surface area contributed by atoms with Crippen LogP contribution in [0.2, 0.25) is 5.02 Å². The predicted molar refractivity (Wildman–Crippen MR) is 104 cm³/mol. The molecule has 25 heavy (non-hydrogen) atoms.